The van der Waals surface area contributed by atoms with Crippen LogP contribution < -0.4 is 4.72 Å². The quantitative estimate of drug-likeness (QED) is 0.725. The SMILES string of the molecule is CNS(=O)(=O)N1CCSCC(C)C1. The molecule has 1 aliphatic rings. The second-order valence-corrected chi connectivity index (χ2v) is 6.27. The van der Waals surface area contributed by atoms with Crippen molar-refractivity contribution in [3.8, 4) is 0 Å². The summed E-state index contributed by atoms with van der Waals surface area (Å²) in [7, 11) is -1.75. The van der Waals surface area contributed by atoms with Crippen LogP contribution in [0.25, 0.3) is 0 Å². The zero-order valence-corrected chi connectivity index (χ0v) is 9.62. The van der Waals surface area contributed by atoms with Gasteiger partial charge in [-0.25, -0.2) is 4.72 Å². The normalized spacial score (nSPS) is 27.1. The van der Waals surface area contributed by atoms with Crippen LogP contribution in [0.2, 0.25) is 0 Å². The van der Waals surface area contributed by atoms with Crippen molar-refractivity contribution in [2.24, 2.45) is 5.92 Å². The average Bonchev–Trinajstić information content (AvgIpc) is 2.30. The van der Waals surface area contributed by atoms with Crippen LogP contribution in [0.3, 0.4) is 0 Å². The predicted octanol–water partition coefficient (Wildman–Crippen LogP) is 0.136. The standard InChI is InChI=1S/C7H16N2O2S2/c1-7-5-9(3-4-12-6-7)13(10,11)8-2/h7-8H,3-6H2,1-2H3. The van der Waals surface area contributed by atoms with E-state index in [1.807, 2.05) is 11.8 Å². The van der Waals surface area contributed by atoms with Crippen molar-refractivity contribution in [2.45, 2.75) is 6.92 Å². The van der Waals surface area contributed by atoms with Gasteiger partial charge in [0.1, 0.15) is 0 Å². The van der Waals surface area contributed by atoms with Crippen LogP contribution in [-0.2, 0) is 10.2 Å². The lowest BCUT2D eigenvalue weighted by atomic mass is 10.2. The number of hydrogen-bond donors (Lipinski definition) is 1. The highest BCUT2D eigenvalue weighted by Crippen LogP contribution is 2.16. The number of rotatable bonds is 2. The molecule has 1 atom stereocenters. The van der Waals surface area contributed by atoms with Gasteiger partial charge < -0.3 is 0 Å². The van der Waals surface area contributed by atoms with Crippen LogP contribution in [0.15, 0.2) is 0 Å². The summed E-state index contributed by atoms with van der Waals surface area (Å²) in [5.74, 6) is 2.39. The summed E-state index contributed by atoms with van der Waals surface area (Å²) >= 11 is 1.82. The van der Waals surface area contributed by atoms with Crippen molar-refractivity contribution in [1.82, 2.24) is 9.03 Å². The fourth-order valence-electron chi connectivity index (χ4n) is 1.29. The molecule has 0 aromatic rings. The zero-order chi connectivity index (χ0) is 9.90. The Labute approximate surface area is 84.3 Å². The van der Waals surface area contributed by atoms with Gasteiger partial charge in [-0.15, -0.1) is 0 Å². The van der Waals surface area contributed by atoms with Crippen LogP contribution in [0.4, 0.5) is 0 Å². The molecule has 1 heterocycles. The average molecular weight is 224 g/mol. The van der Waals surface area contributed by atoms with Crippen molar-refractivity contribution < 1.29 is 8.42 Å². The van der Waals surface area contributed by atoms with E-state index in [2.05, 4.69) is 11.6 Å². The maximum atomic E-state index is 11.5. The molecule has 4 nitrogen and oxygen atoms in total. The van der Waals surface area contributed by atoms with E-state index in [1.165, 1.54) is 11.4 Å². The fraction of sp³-hybridized carbons (Fsp3) is 1.00. The number of thioether (sulfide) groups is 1. The van der Waals surface area contributed by atoms with Gasteiger partial charge in [0.2, 0.25) is 0 Å². The first-order chi connectivity index (χ1) is 6.06. The van der Waals surface area contributed by atoms with Crippen molar-refractivity contribution in [1.29, 1.82) is 0 Å². The molecule has 0 aromatic heterocycles. The van der Waals surface area contributed by atoms with Crippen LogP contribution in [0, 0.1) is 5.92 Å². The third-order valence-electron chi connectivity index (χ3n) is 2.00. The molecule has 6 heteroatoms. The first-order valence-electron chi connectivity index (χ1n) is 4.32. The molecule has 0 amide bonds. The topological polar surface area (TPSA) is 49.4 Å². The minimum atomic E-state index is -3.21. The highest BCUT2D eigenvalue weighted by molar-refractivity contribution is 7.99. The van der Waals surface area contributed by atoms with E-state index in [9.17, 15) is 8.42 Å². The predicted molar refractivity (Wildman–Crippen MR) is 56.0 cm³/mol. The Kier molecular flexibility index (Phi) is 4.03. The summed E-state index contributed by atoms with van der Waals surface area (Å²) in [6, 6.07) is 0. The van der Waals surface area contributed by atoms with Crippen molar-refractivity contribution >= 4 is 22.0 Å². The van der Waals surface area contributed by atoms with Gasteiger partial charge in [-0.2, -0.15) is 24.5 Å². The fourth-order valence-corrected chi connectivity index (χ4v) is 3.47. The van der Waals surface area contributed by atoms with Crippen LogP contribution in [0.5, 0.6) is 0 Å². The highest BCUT2D eigenvalue weighted by atomic mass is 32.2. The molecule has 1 aliphatic heterocycles. The maximum absolute atomic E-state index is 11.5. The second-order valence-electron chi connectivity index (χ2n) is 3.25. The van der Waals surface area contributed by atoms with Gasteiger partial charge in [0.05, 0.1) is 0 Å². The molecular weight excluding hydrogens is 208 g/mol. The monoisotopic (exact) mass is 224 g/mol. The van der Waals surface area contributed by atoms with E-state index >= 15 is 0 Å². The second kappa shape index (κ2) is 4.63. The Morgan fingerprint density at radius 1 is 1.54 bits per heavy atom. The molecule has 1 rings (SSSR count). The molecule has 1 fully saturated rings. The largest absolute Gasteiger partial charge is 0.279 e. The van der Waals surface area contributed by atoms with Gasteiger partial charge in [-0.3, -0.25) is 0 Å². The third-order valence-corrected chi connectivity index (χ3v) is 4.80. The van der Waals surface area contributed by atoms with Crippen molar-refractivity contribution in [2.75, 3.05) is 31.6 Å². The summed E-state index contributed by atoms with van der Waals surface area (Å²) in [5, 5.41) is 0. The summed E-state index contributed by atoms with van der Waals surface area (Å²) in [5.41, 5.74) is 0. The summed E-state index contributed by atoms with van der Waals surface area (Å²) in [4.78, 5) is 0. The van der Waals surface area contributed by atoms with E-state index in [1.54, 1.807) is 0 Å². The zero-order valence-electron chi connectivity index (χ0n) is 7.99. The van der Waals surface area contributed by atoms with Crippen LogP contribution in [0.1, 0.15) is 6.92 Å². The third kappa shape index (κ3) is 3.12. The lowest BCUT2D eigenvalue weighted by molar-refractivity contribution is 0.387. The molecule has 0 aliphatic carbocycles. The van der Waals surface area contributed by atoms with Crippen LogP contribution >= 0.6 is 11.8 Å². The summed E-state index contributed by atoms with van der Waals surface area (Å²) in [6.45, 7) is 3.34. The lowest BCUT2D eigenvalue weighted by Gasteiger charge is -2.20. The minimum absolute atomic E-state index is 0.440. The van der Waals surface area contributed by atoms with Crippen molar-refractivity contribution in [3.63, 3.8) is 0 Å². The minimum Gasteiger partial charge on any atom is -0.205 e. The highest BCUT2D eigenvalue weighted by Gasteiger charge is 2.24. The lowest BCUT2D eigenvalue weighted by Crippen LogP contribution is -2.41. The van der Waals surface area contributed by atoms with E-state index in [0.29, 0.717) is 19.0 Å². The van der Waals surface area contributed by atoms with E-state index in [0.717, 1.165) is 11.5 Å². The molecule has 0 aromatic carbocycles. The molecule has 78 valence electrons. The number of nitrogens with one attached hydrogen (secondary N) is 1. The maximum Gasteiger partial charge on any atom is 0.279 e. The van der Waals surface area contributed by atoms with E-state index in [4.69, 9.17) is 0 Å². The van der Waals surface area contributed by atoms with E-state index in [-0.39, 0.29) is 0 Å². The smallest absolute Gasteiger partial charge is 0.205 e. The Hall–Kier alpha value is 0.220. The summed E-state index contributed by atoms with van der Waals surface area (Å²) < 4.78 is 26.8. The Balaban J connectivity index is 2.68. The van der Waals surface area contributed by atoms with Crippen LogP contribution in [-0.4, -0.2) is 44.4 Å². The van der Waals surface area contributed by atoms with Crippen molar-refractivity contribution in [3.05, 3.63) is 0 Å². The van der Waals surface area contributed by atoms with Gasteiger partial charge in [-0.05, 0) is 11.7 Å². The van der Waals surface area contributed by atoms with Gasteiger partial charge in [0.15, 0.2) is 0 Å². The molecule has 1 unspecified atom stereocenters. The molecule has 0 saturated carbocycles. The number of hydrogen-bond acceptors (Lipinski definition) is 3. The van der Waals surface area contributed by atoms with Gasteiger partial charge in [0.25, 0.3) is 10.2 Å². The molecule has 1 saturated heterocycles. The first-order valence-corrected chi connectivity index (χ1v) is 6.92. The van der Waals surface area contributed by atoms with E-state index < -0.39 is 10.2 Å². The first kappa shape index (κ1) is 11.3. The Morgan fingerprint density at radius 2 is 2.23 bits per heavy atom. The molecule has 0 spiro atoms. The molecule has 1 N–H and O–H groups in total. The van der Waals surface area contributed by atoms with Gasteiger partial charge >= 0.3 is 0 Å². The summed E-state index contributed by atoms with van der Waals surface area (Å²) in [6.07, 6.45) is 0. The molecule has 0 bridgehead atoms. The Morgan fingerprint density at radius 3 is 2.85 bits per heavy atom. The number of nitrogens with zero attached hydrogens (tertiary/aromatic N) is 1. The molecule has 13 heavy (non-hydrogen) atoms. The molecular formula is C7H16N2O2S2. The van der Waals surface area contributed by atoms with Gasteiger partial charge in [0, 0.05) is 25.9 Å². The Bertz CT molecular complexity index is 253. The molecule has 0 radical (unpaired) electrons. The van der Waals surface area contributed by atoms with Gasteiger partial charge in [-0.1, -0.05) is 6.92 Å².